The normalized spacial score (nSPS) is 14.8. The summed E-state index contributed by atoms with van der Waals surface area (Å²) in [4.78, 5) is 29.6. The third-order valence-electron chi connectivity index (χ3n) is 3.17. The Hall–Kier alpha value is -1.92. The first kappa shape index (κ1) is 14.0. The lowest BCUT2D eigenvalue weighted by atomic mass is 10.2. The van der Waals surface area contributed by atoms with Gasteiger partial charge in [-0.1, -0.05) is 11.6 Å². The molecule has 3 rings (SSSR count). The van der Waals surface area contributed by atoms with Crippen molar-refractivity contribution in [3.8, 4) is 0 Å². The quantitative estimate of drug-likeness (QED) is 0.879. The van der Waals surface area contributed by atoms with Crippen molar-refractivity contribution in [3.63, 3.8) is 0 Å². The molecule has 108 valence electrons. The number of carbonyl (C=O) groups excluding carboxylic acids is 2. The molecule has 1 N–H and O–H groups in total. The number of amides is 2. The minimum absolute atomic E-state index is 0.139. The van der Waals surface area contributed by atoms with Gasteiger partial charge in [-0.15, -0.1) is 11.3 Å². The zero-order valence-electron chi connectivity index (χ0n) is 11.0. The lowest BCUT2D eigenvalue weighted by Crippen LogP contribution is -2.28. The summed E-state index contributed by atoms with van der Waals surface area (Å²) in [6, 6.07) is 7.22. The van der Waals surface area contributed by atoms with Gasteiger partial charge in [0, 0.05) is 29.6 Å². The lowest BCUT2D eigenvalue weighted by Gasteiger charge is -2.14. The van der Waals surface area contributed by atoms with Crippen LogP contribution in [0.3, 0.4) is 0 Å². The largest absolute Gasteiger partial charge is 0.380 e. The number of hydrogen-bond acceptors (Lipinski definition) is 5. The highest BCUT2D eigenvalue weighted by atomic mass is 35.5. The van der Waals surface area contributed by atoms with Crippen LogP contribution in [0.2, 0.25) is 4.47 Å². The summed E-state index contributed by atoms with van der Waals surface area (Å²) in [6.45, 7) is 0.630. The molecule has 1 saturated heterocycles. The Bertz CT molecular complexity index is 668. The average Bonchev–Trinajstić information content (AvgIpc) is 3.04. The van der Waals surface area contributed by atoms with Crippen molar-refractivity contribution in [2.45, 2.75) is 19.4 Å². The smallest absolute Gasteiger partial charge is 0.234 e. The van der Waals surface area contributed by atoms with Crippen molar-refractivity contribution < 1.29 is 9.59 Å². The Morgan fingerprint density at radius 2 is 1.86 bits per heavy atom. The Labute approximate surface area is 130 Å². The maximum atomic E-state index is 11.7. The SMILES string of the molecule is O=C1CCC(=O)N1c1ccc(NCc2cnc(Cl)s2)cc1. The van der Waals surface area contributed by atoms with Gasteiger partial charge in [-0.2, -0.15) is 0 Å². The fraction of sp³-hybridized carbons (Fsp3) is 0.214. The van der Waals surface area contributed by atoms with E-state index in [2.05, 4.69) is 10.3 Å². The summed E-state index contributed by atoms with van der Waals surface area (Å²) < 4.78 is 0.521. The van der Waals surface area contributed by atoms with Crippen LogP contribution in [0.5, 0.6) is 0 Å². The van der Waals surface area contributed by atoms with Crippen molar-refractivity contribution in [1.29, 1.82) is 0 Å². The molecule has 21 heavy (non-hydrogen) atoms. The zero-order chi connectivity index (χ0) is 14.8. The zero-order valence-corrected chi connectivity index (χ0v) is 12.6. The van der Waals surface area contributed by atoms with Crippen LogP contribution in [-0.4, -0.2) is 16.8 Å². The van der Waals surface area contributed by atoms with Crippen LogP contribution in [0.1, 0.15) is 17.7 Å². The Morgan fingerprint density at radius 1 is 1.19 bits per heavy atom. The van der Waals surface area contributed by atoms with Gasteiger partial charge in [0.2, 0.25) is 11.8 Å². The molecule has 1 aliphatic heterocycles. The summed E-state index contributed by atoms with van der Waals surface area (Å²) in [5.41, 5.74) is 1.52. The van der Waals surface area contributed by atoms with E-state index in [-0.39, 0.29) is 11.8 Å². The molecule has 2 aromatic rings. The van der Waals surface area contributed by atoms with Gasteiger partial charge in [0.25, 0.3) is 0 Å². The van der Waals surface area contributed by atoms with Crippen LogP contribution >= 0.6 is 22.9 Å². The van der Waals surface area contributed by atoms with E-state index in [0.29, 0.717) is 29.5 Å². The first-order chi connectivity index (χ1) is 10.1. The highest BCUT2D eigenvalue weighted by Gasteiger charge is 2.29. The van der Waals surface area contributed by atoms with E-state index in [4.69, 9.17) is 11.6 Å². The summed E-state index contributed by atoms with van der Waals surface area (Å²) >= 11 is 7.20. The predicted octanol–water partition coefficient (Wildman–Crippen LogP) is 3.06. The van der Waals surface area contributed by atoms with E-state index in [1.807, 2.05) is 12.1 Å². The molecule has 1 aromatic heterocycles. The maximum Gasteiger partial charge on any atom is 0.234 e. The summed E-state index contributed by atoms with van der Waals surface area (Å²) in [5, 5.41) is 3.24. The molecular weight excluding hydrogens is 310 g/mol. The molecule has 1 aliphatic rings. The number of anilines is 2. The summed E-state index contributed by atoms with van der Waals surface area (Å²) in [7, 11) is 0. The Balaban J connectivity index is 1.66. The molecule has 0 radical (unpaired) electrons. The fourth-order valence-corrected chi connectivity index (χ4v) is 3.07. The molecule has 0 aliphatic carbocycles. The summed E-state index contributed by atoms with van der Waals surface area (Å²) in [6.07, 6.45) is 2.33. The standard InChI is InChI=1S/C14H12ClN3O2S/c15-14-17-8-11(21-14)7-16-9-1-3-10(4-2-9)18-12(19)5-6-13(18)20/h1-4,8,16H,5-7H2. The van der Waals surface area contributed by atoms with Gasteiger partial charge in [-0.05, 0) is 24.3 Å². The van der Waals surface area contributed by atoms with Crippen molar-refractivity contribution in [3.05, 3.63) is 39.8 Å². The topological polar surface area (TPSA) is 62.3 Å². The van der Waals surface area contributed by atoms with Crippen LogP contribution in [0.4, 0.5) is 11.4 Å². The van der Waals surface area contributed by atoms with Crippen LogP contribution in [0.15, 0.2) is 30.5 Å². The molecule has 7 heteroatoms. The number of aromatic nitrogens is 1. The molecule has 2 amide bonds. The van der Waals surface area contributed by atoms with E-state index in [1.165, 1.54) is 16.2 Å². The number of nitrogens with zero attached hydrogens (tertiary/aromatic N) is 2. The van der Waals surface area contributed by atoms with Gasteiger partial charge in [0.15, 0.2) is 4.47 Å². The molecular formula is C14H12ClN3O2S. The minimum Gasteiger partial charge on any atom is -0.380 e. The number of nitrogens with one attached hydrogen (secondary N) is 1. The van der Waals surface area contributed by atoms with Gasteiger partial charge in [0.1, 0.15) is 0 Å². The van der Waals surface area contributed by atoms with Gasteiger partial charge in [0.05, 0.1) is 12.2 Å². The number of thiazole rings is 1. The van der Waals surface area contributed by atoms with Gasteiger partial charge in [-0.3, -0.25) is 14.5 Å². The highest BCUT2D eigenvalue weighted by Crippen LogP contribution is 2.24. The van der Waals surface area contributed by atoms with Crippen molar-refractivity contribution in [2.24, 2.45) is 0 Å². The van der Waals surface area contributed by atoms with E-state index in [1.54, 1.807) is 18.3 Å². The first-order valence-corrected chi connectivity index (χ1v) is 7.63. The second-order valence-corrected chi connectivity index (χ2v) is 6.30. The second kappa shape index (κ2) is 5.83. The van der Waals surface area contributed by atoms with Gasteiger partial charge in [-0.25, -0.2) is 4.98 Å². The van der Waals surface area contributed by atoms with Crippen molar-refractivity contribution in [2.75, 3.05) is 10.2 Å². The summed E-state index contributed by atoms with van der Waals surface area (Å²) in [5.74, 6) is -0.278. The molecule has 0 spiro atoms. The Morgan fingerprint density at radius 3 is 2.43 bits per heavy atom. The van der Waals surface area contributed by atoms with Crippen LogP contribution in [0.25, 0.3) is 0 Å². The van der Waals surface area contributed by atoms with E-state index in [0.717, 1.165) is 10.6 Å². The number of imide groups is 1. The lowest BCUT2D eigenvalue weighted by molar-refractivity contribution is -0.121. The maximum absolute atomic E-state index is 11.7. The molecule has 0 atom stereocenters. The van der Waals surface area contributed by atoms with Crippen molar-refractivity contribution in [1.82, 2.24) is 4.98 Å². The van der Waals surface area contributed by atoms with E-state index in [9.17, 15) is 9.59 Å². The molecule has 0 saturated carbocycles. The van der Waals surface area contributed by atoms with Crippen LogP contribution < -0.4 is 10.2 Å². The number of rotatable bonds is 4. The van der Waals surface area contributed by atoms with E-state index >= 15 is 0 Å². The Kier molecular flexibility index (Phi) is 3.90. The third kappa shape index (κ3) is 3.06. The number of halogens is 1. The minimum atomic E-state index is -0.139. The number of benzene rings is 1. The van der Waals surface area contributed by atoms with Crippen LogP contribution in [0, 0.1) is 0 Å². The number of hydrogen-bond donors (Lipinski definition) is 1. The molecule has 1 fully saturated rings. The monoisotopic (exact) mass is 321 g/mol. The molecule has 0 bridgehead atoms. The van der Waals surface area contributed by atoms with Crippen molar-refractivity contribution >= 4 is 46.1 Å². The molecule has 0 unspecified atom stereocenters. The molecule has 5 nitrogen and oxygen atoms in total. The first-order valence-electron chi connectivity index (χ1n) is 6.43. The predicted molar refractivity (Wildman–Crippen MR) is 82.6 cm³/mol. The van der Waals surface area contributed by atoms with Crippen LogP contribution in [-0.2, 0) is 16.1 Å². The molecule has 1 aromatic carbocycles. The van der Waals surface area contributed by atoms with E-state index < -0.39 is 0 Å². The average molecular weight is 322 g/mol. The van der Waals surface area contributed by atoms with Gasteiger partial charge >= 0.3 is 0 Å². The highest BCUT2D eigenvalue weighted by molar-refractivity contribution is 7.15. The molecule has 2 heterocycles. The third-order valence-corrected chi connectivity index (χ3v) is 4.28. The second-order valence-electron chi connectivity index (χ2n) is 4.60. The van der Waals surface area contributed by atoms with Gasteiger partial charge < -0.3 is 5.32 Å². The number of carbonyl (C=O) groups is 2. The fourth-order valence-electron chi connectivity index (χ4n) is 2.15.